The molecule has 3 nitrogen and oxygen atoms in total. The Labute approximate surface area is 118 Å². The van der Waals surface area contributed by atoms with Crippen molar-refractivity contribution in [2.45, 2.75) is 59.4 Å². The summed E-state index contributed by atoms with van der Waals surface area (Å²) in [5.74, 6) is 1.69. The van der Waals surface area contributed by atoms with Crippen LogP contribution in [0.3, 0.4) is 0 Å². The van der Waals surface area contributed by atoms with Gasteiger partial charge >= 0.3 is 0 Å². The molecular formula is C16H30N2O. The Bertz CT molecular complexity index is 323. The van der Waals surface area contributed by atoms with Crippen molar-refractivity contribution < 1.29 is 4.79 Å². The van der Waals surface area contributed by atoms with Gasteiger partial charge in [-0.1, -0.05) is 27.2 Å². The molecule has 2 aliphatic heterocycles. The maximum absolute atomic E-state index is 13.1. The molecule has 0 bridgehead atoms. The van der Waals surface area contributed by atoms with E-state index in [-0.39, 0.29) is 5.41 Å². The Kier molecular flexibility index (Phi) is 4.54. The molecule has 2 heterocycles. The fourth-order valence-electron chi connectivity index (χ4n) is 4.01. The minimum atomic E-state index is -0.111. The third-order valence-electron chi connectivity index (χ3n) is 5.28. The van der Waals surface area contributed by atoms with Gasteiger partial charge in [-0.15, -0.1) is 0 Å². The fraction of sp³-hybridized carbons (Fsp3) is 0.938. The van der Waals surface area contributed by atoms with Crippen LogP contribution in [-0.4, -0.2) is 36.5 Å². The van der Waals surface area contributed by atoms with Gasteiger partial charge in [0.2, 0.25) is 5.91 Å². The first-order valence-corrected chi connectivity index (χ1v) is 8.02. The van der Waals surface area contributed by atoms with E-state index in [1.807, 2.05) is 0 Å². The van der Waals surface area contributed by atoms with Crippen molar-refractivity contribution in [1.29, 1.82) is 0 Å². The summed E-state index contributed by atoms with van der Waals surface area (Å²) in [7, 11) is 0. The molecule has 4 atom stereocenters. The van der Waals surface area contributed by atoms with Crippen LogP contribution in [-0.2, 0) is 4.79 Å². The molecule has 1 amide bonds. The van der Waals surface area contributed by atoms with Gasteiger partial charge in [-0.3, -0.25) is 4.79 Å². The zero-order valence-electron chi connectivity index (χ0n) is 13.0. The molecule has 0 spiro atoms. The number of carbonyl (C=O) groups excluding carboxylic acids is 1. The quantitative estimate of drug-likeness (QED) is 0.852. The standard InChI is InChI=1S/C16H30N2O/c1-5-6-16(7-8-17-11-16)15(19)18-10-12(2)9-13(3)14(18)4/h12-14,17H,5-11H2,1-4H3. The minimum Gasteiger partial charge on any atom is -0.339 e. The van der Waals surface area contributed by atoms with E-state index in [0.29, 0.717) is 23.8 Å². The number of nitrogens with zero attached hydrogens (tertiary/aromatic N) is 1. The van der Waals surface area contributed by atoms with Crippen LogP contribution in [0.1, 0.15) is 53.4 Å². The first-order chi connectivity index (χ1) is 9.00. The molecule has 0 aromatic heterocycles. The van der Waals surface area contributed by atoms with Crippen molar-refractivity contribution in [2.24, 2.45) is 17.3 Å². The molecule has 1 N–H and O–H groups in total. The summed E-state index contributed by atoms with van der Waals surface area (Å²) in [6.45, 7) is 11.8. The Hall–Kier alpha value is -0.570. The molecule has 2 aliphatic rings. The van der Waals surface area contributed by atoms with E-state index in [0.717, 1.165) is 38.9 Å². The van der Waals surface area contributed by atoms with Crippen molar-refractivity contribution in [2.75, 3.05) is 19.6 Å². The van der Waals surface area contributed by atoms with E-state index >= 15 is 0 Å². The maximum atomic E-state index is 13.1. The summed E-state index contributed by atoms with van der Waals surface area (Å²) in [6, 6.07) is 0.401. The molecule has 19 heavy (non-hydrogen) atoms. The largest absolute Gasteiger partial charge is 0.339 e. The summed E-state index contributed by atoms with van der Waals surface area (Å²) < 4.78 is 0. The van der Waals surface area contributed by atoms with Crippen LogP contribution in [0.15, 0.2) is 0 Å². The van der Waals surface area contributed by atoms with Gasteiger partial charge in [-0.25, -0.2) is 0 Å². The van der Waals surface area contributed by atoms with Crippen molar-refractivity contribution in [3.05, 3.63) is 0 Å². The maximum Gasteiger partial charge on any atom is 0.230 e. The Balaban J connectivity index is 2.16. The van der Waals surface area contributed by atoms with E-state index in [4.69, 9.17) is 0 Å². The molecule has 2 rings (SSSR count). The zero-order chi connectivity index (χ0) is 14.0. The van der Waals surface area contributed by atoms with Gasteiger partial charge in [-0.05, 0) is 44.6 Å². The van der Waals surface area contributed by atoms with Gasteiger partial charge in [0.05, 0.1) is 5.41 Å². The lowest BCUT2D eigenvalue weighted by Crippen LogP contribution is -2.54. The normalized spacial score (nSPS) is 39.6. The highest BCUT2D eigenvalue weighted by Gasteiger charge is 2.45. The van der Waals surface area contributed by atoms with E-state index in [9.17, 15) is 4.79 Å². The molecule has 4 unspecified atom stereocenters. The van der Waals surface area contributed by atoms with Crippen molar-refractivity contribution >= 4 is 5.91 Å². The number of amides is 1. The minimum absolute atomic E-state index is 0.111. The average molecular weight is 266 g/mol. The second-order valence-corrected chi connectivity index (χ2v) is 6.97. The number of nitrogens with one attached hydrogen (secondary N) is 1. The van der Waals surface area contributed by atoms with Crippen LogP contribution in [0.5, 0.6) is 0 Å². The lowest BCUT2D eigenvalue weighted by atomic mass is 9.78. The van der Waals surface area contributed by atoms with Gasteiger partial charge in [0.1, 0.15) is 0 Å². The smallest absolute Gasteiger partial charge is 0.230 e. The number of carbonyl (C=O) groups is 1. The highest BCUT2D eigenvalue weighted by molar-refractivity contribution is 5.84. The molecule has 0 saturated carbocycles. The van der Waals surface area contributed by atoms with E-state index < -0.39 is 0 Å². The molecule has 0 radical (unpaired) electrons. The van der Waals surface area contributed by atoms with Gasteiger partial charge in [0.25, 0.3) is 0 Å². The second kappa shape index (κ2) is 5.82. The predicted octanol–water partition coefficient (Wildman–Crippen LogP) is 2.66. The third kappa shape index (κ3) is 2.81. The molecule has 0 aromatic rings. The van der Waals surface area contributed by atoms with Gasteiger partial charge in [0.15, 0.2) is 0 Å². The van der Waals surface area contributed by atoms with Gasteiger partial charge in [0, 0.05) is 19.1 Å². The number of hydrogen-bond acceptors (Lipinski definition) is 2. The molecule has 2 fully saturated rings. The monoisotopic (exact) mass is 266 g/mol. The predicted molar refractivity (Wildman–Crippen MR) is 78.9 cm³/mol. The summed E-state index contributed by atoms with van der Waals surface area (Å²) in [5, 5.41) is 3.41. The summed E-state index contributed by atoms with van der Waals surface area (Å²) in [6.07, 6.45) is 4.40. The van der Waals surface area contributed by atoms with Gasteiger partial charge in [-0.2, -0.15) is 0 Å². The van der Waals surface area contributed by atoms with Crippen LogP contribution >= 0.6 is 0 Å². The molecule has 0 aliphatic carbocycles. The van der Waals surface area contributed by atoms with Crippen LogP contribution in [0.2, 0.25) is 0 Å². The molecular weight excluding hydrogens is 236 g/mol. The SMILES string of the molecule is CCCC1(C(=O)N2CC(C)CC(C)C2C)CCNC1. The first-order valence-electron chi connectivity index (χ1n) is 8.02. The second-order valence-electron chi connectivity index (χ2n) is 6.97. The average Bonchev–Trinajstić information content (AvgIpc) is 2.83. The summed E-state index contributed by atoms with van der Waals surface area (Å²) in [5.41, 5.74) is -0.111. The molecule has 110 valence electrons. The lowest BCUT2D eigenvalue weighted by molar-refractivity contribution is -0.147. The zero-order valence-corrected chi connectivity index (χ0v) is 13.0. The number of hydrogen-bond donors (Lipinski definition) is 1. The van der Waals surface area contributed by atoms with Crippen molar-refractivity contribution in [3.8, 4) is 0 Å². The van der Waals surface area contributed by atoms with Crippen molar-refractivity contribution in [3.63, 3.8) is 0 Å². The van der Waals surface area contributed by atoms with Crippen LogP contribution in [0.4, 0.5) is 0 Å². The number of rotatable bonds is 3. The molecule has 0 aromatic carbocycles. The van der Waals surface area contributed by atoms with E-state index in [2.05, 4.69) is 37.9 Å². The fourth-order valence-corrected chi connectivity index (χ4v) is 4.01. The first kappa shape index (κ1) is 14.8. The van der Waals surface area contributed by atoms with Gasteiger partial charge < -0.3 is 10.2 Å². The molecule has 3 heteroatoms. The Morgan fingerprint density at radius 2 is 2.11 bits per heavy atom. The Morgan fingerprint density at radius 3 is 2.68 bits per heavy atom. The Morgan fingerprint density at radius 1 is 1.37 bits per heavy atom. The van der Waals surface area contributed by atoms with Crippen LogP contribution in [0.25, 0.3) is 0 Å². The highest BCUT2D eigenvalue weighted by Crippen LogP contribution is 2.37. The number of likely N-dealkylation sites (tertiary alicyclic amines) is 1. The highest BCUT2D eigenvalue weighted by atomic mass is 16.2. The lowest BCUT2D eigenvalue weighted by Gasteiger charge is -2.45. The summed E-state index contributed by atoms with van der Waals surface area (Å²) >= 11 is 0. The van der Waals surface area contributed by atoms with Crippen molar-refractivity contribution in [1.82, 2.24) is 10.2 Å². The van der Waals surface area contributed by atoms with Crippen LogP contribution < -0.4 is 5.32 Å². The number of piperidine rings is 1. The summed E-state index contributed by atoms with van der Waals surface area (Å²) in [4.78, 5) is 15.3. The van der Waals surface area contributed by atoms with E-state index in [1.165, 1.54) is 6.42 Å². The topological polar surface area (TPSA) is 32.3 Å². The van der Waals surface area contributed by atoms with Crippen LogP contribution in [0, 0.1) is 17.3 Å². The third-order valence-corrected chi connectivity index (χ3v) is 5.28. The van der Waals surface area contributed by atoms with E-state index in [1.54, 1.807) is 0 Å². The molecule has 2 saturated heterocycles.